The Kier molecular flexibility index (Phi) is 3.46. The first-order chi connectivity index (χ1) is 9.83. The smallest absolute Gasteiger partial charge is 0.137 e. The fourth-order valence-electron chi connectivity index (χ4n) is 2.06. The lowest BCUT2D eigenvalue weighted by molar-refractivity contribution is 0.730. The van der Waals surface area contributed by atoms with Crippen molar-refractivity contribution < 1.29 is 0 Å². The minimum atomic E-state index is 0.617. The van der Waals surface area contributed by atoms with Crippen molar-refractivity contribution >= 4 is 11.4 Å². The highest BCUT2D eigenvalue weighted by molar-refractivity contribution is 5.98. The third kappa shape index (κ3) is 2.69. The average Bonchev–Trinajstić information content (AvgIpc) is 2.90. The van der Waals surface area contributed by atoms with E-state index in [1.54, 1.807) is 0 Å². The van der Waals surface area contributed by atoms with Gasteiger partial charge in [0.1, 0.15) is 5.65 Å². The van der Waals surface area contributed by atoms with Gasteiger partial charge in [0.15, 0.2) is 0 Å². The number of fused-ring (bicyclic) bond motifs is 1. The predicted molar refractivity (Wildman–Crippen MR) is 80.7 cm³/mol. The number of nitrogens with zero attached hydrogens (tertiary/aromatic N) is 3. The van der Waals surface area contributed by atoms with Crippen molar-refractivity contribution in [3.05, 3.63) is 72.2 Å². The Morgan fingerprint density at radius 2 is 1.95 bits per heavy atom. The highest BCUT2D eigenvalue weighted by Gasteiger charge is 2.00. The lowest BCUT2D eigenvalue weighted by Gasteiger charge is -2.01. The molecule has 0 amide bonds. The molecular formula is C16H16N4. The predicted octanol–water partition coefficient (Wildman–Crippen LogP) is 2.85. The number of pyridine rings is 1. The van der Waals surface area contributed by atoms with Gasteiger partial charge in [0.05, 0.1) is 18.0 Å². The van der Waals surface area contributed by atoms with Crippen LogP contribution in [0.1, 0.15) is 18.2 Å². The summed E-state index contributed by atoms with van der Waals surface area (Å²) in [6.07, 6.45) is 4.00. The van der Waals surface area contributed by atoms with Crippen LogP contribution in [-0.2, 0) is 6.54 Å². The SMILES string of the molecule is C/C(=N\NCc1cn2ccccc2n1)c1ccccc1. The van der Waals surface area contributed by atoms with Crippen LogP contribution in [-0.4, -0.2) is 15.1 Å². The van der Waals surface area contributed by atoms with Crippen LogP contribution in [0.15, 0.2) is 66.0 Å². The Morgan fingerprint density at radius 1 is 1.15 bits per heavy atom. The number of hydrogen-bond donors (Lipinski definition) is 1. The maximum Gasteiger partial charge on any atom is 0.137 e. The van der Waals surface area contributed by atoms with E-state index < -0.39 is 0 Å². The van der Waals surface area contributed by atoms with Crippen LogP contribution in [0, 0.1) is 0 Å². The summed E-state index contributed by atoms with van der Waals surface area (Å²) in [5, 5.41) is 4.38. The van der Waals surface area contributed by atoms with Crippen LogP contribution >= 0.6 is 0 Å². The van der Waals surface area contributed by atoms with Gasteiger partial charge in [0.25, 0.3) is 0 Å². The number of nitrogens with one attached hydrogen (secondary N) is 1. The molecule has 0 saturated heterocycles. The molecule has 20 heavy (non-hydrogen) atoms. The molecule has 1 N–H and O–H groups in total. The van der Waals surface area contributed by atoms with Gasteiger partial charge < -0.3 is 9.83 Å². The van der Waals surface area contributed by atoms with Crippen LogP contribution in [0.25, 0.3) is 5.65 Å². The van der Waals surface area contributed by atoms with Crippen LogP contribution in [0.5, 0.6) is 0 Å². The Balaban J connectivity index is 1.67. The summed E-state index contributed by atoms with van der Waals surface area (Å²) < 4.78 is 2.00. The molecule has 2 aromatic heterocycles. The van der Waals surface area contributed by atoms with Gasteiger partial charge in [0, 0.05) is 12.4 Å². The zero-order valence-corrected chi connectivity index (χ0v) is 11.3. The van der Waals surface area contributed by atoms with E-state index in [-0.39, 0.29) is 0 Å². The van der Waals surface area contributed by atoms with Crippen molar-refractivity contribution in [1.82, 2.24) is 14.8 Å². The first kappa shape index (κ1) is 12.4. The van der Waals surface area contributed by atoms with Crippen molar-refractivity contribution in [1.29, 1.82) is 0 Å². The molecule has 3 rings (SSSR count). The molecule has 100 valence electrons. The maximum atomic E-state index is 4.51. The highest BCUT2D eigenvalue weighted by Crippen LogP contribution is 2.04. The molecule has 0 aliphatic carbocycles. The number of hydrazone groups is 1. The number of benzene rings is 1. The zero-order chi connectivity index (χ0) is 13.8. The molecule has 0 unspecified atom stereocenters. The normalized spacial score (nSPS) is 11.8. The second kappa shape index (κ2) is 5.57. The number of aromatic nitrogens is 2. The third-order valence-corrected chi connectivity index (χ3v) is 3.11. The summed E-state index contributed by atoms with van der Waals surface area (Å²) in [5.41, 5.74) is 7.09. The van der Waals surface area contributed by atoms with Crippen molar-refractivity contribution in [2.75, 3.05) is 0 Å². The lowest BCUT2D eigenvalue weighted by atomic mass is 10.1. The molecular weight excluding hydrogens is 248 g/mol. The summed E-state index contributed by atoms with van der Waals surface area (Å²) in [4.78, 5) is 4.51. The van der Waals surface area contributed by atoms with Crippen LogP contribution in [0.3, 0.4) is 0 Å². The van der Waals surface area contributed by atoms with Gasteiger partial charge in [-0.15, -0.1) is 0 Å². The molecule has 0 radical (unpaired) electrons. The minimum Gasteiger partial charge on any atom is -0.307 e. The largest absolute Gasteiger partial charge is 0.307 e. The monoisotopic (exact) mass is 264 g/mol. The fraction of sp³-hybridized carbons (Fsp3) is 0.125. The topological polar surface area (TPSA) is 41.7 Å². The van der Waals surface area contributed by atoms with Crippen molar-refractivity contribution in [3.8, 4) is 0 Å². The fourth-order valence-corrected chi connectivity index (χ4v) is 2.06. The van der Waals surface area contributed by atoms with Crippen LogP contribution in [0.2, 0.25) is 0 Å². The van der Waals surface area contributed by atoms with E-state index in [0.29, 0.717) is 6.54 Å². The number of rotatable bonds is 4. The van der Waals surface area contributed by atoms with Crippen molar-refractivity contribution in [2.24, 2.45) is 5.10 Å². The van der Waals surface area contributed by atoms with Crippen molar-refractivity contribution in [2.45, 2.75) is 13.5 Å². The molecule has 0 aliphatic rings. The summed E-state index contributed by atoms with van der Waals surface area (Å²) >= 11 is 0. The highest BCUT2D eigenvalue weighted by atomic mass is 15.3. The van der Waals surface area contributed by atoms with Gasteiger partial charge in [-0.3, -0.25) is 0 Å². The van der Waals surface area contributed by atoms with Gasteiger partial charge >= 0.3 is 0 Å². The van der Waals surface area contributed by atoms with Gasteiger partial charge in [-0.25, -0.2) is 4.98 Å². The van der Waals surface area contributed by atoms with Crippen molar-refractivity contribution in [3.63, 3.8) is 0 Å². The second-order valence-corrected chi connectivity index (χ2v) is 4.60. The minimum absolute atomic E-state index is 0.617. The summed E-state index contributed by atoms with van der Waals surface area (Å²) in [6.45, 7) is 2.61. The van der Waals surface area contributed by atoms with Gasteiger partial charge in [-0.05, 0) is 24.6 Å². The number of imidazole rings is 1. The molecule has 4 nitrogen and oxygen atoms in total. The van der Waals surface area contributed by atoms with E-state index in [9.17, 15) is 0 Å². The molecule has 4 heteroatoms. The quantitative estimate of drug-likeness (QED) is 0.581. The Morgan fingerprint density at radius 3 is 2.75 bits per heavy atom. The summed E-state index contributed by atoms with van der Waals surface area (Å²) in [6, 6.07) is 16.1. The third-order valence-electron chi connectivity index (χ3n) is 3.11. The maximum absolute atomic E-state index is 4.51. The number of hydrogen-bond acceptors (Lipinski definition) is 3. The molecule has 1 aromatic carbocycles. The summed E-state index contributed by atoms with van der Waals surface area (Å²) in [7, 11) is 0. The molecule has 0 bridgehead atoms. The Hall–Kier alpha value is -2.62. The molecule has 0 fully saturated rings. The molecule has 0 atom stereocenters. The zero-order valence-electron chi connectivity index (χ0n) is 11.3. The lowest BCUT2D eigenvalue weighted by Crippen LogP contribution is -2.09. The molecule has 2 heterocycles. The van der Waals surface area contributed by atoms with E-state index in [1.807, 2.05) is 72.2 Å². The standard InChI is InChI=1S/C16H16N4/c1-13(14-7-3-2-4-8-14)19-17-11-15-12-20-10-6-5-9-16(20)18-15/h2-10,12,17H,11H2,1H3/b19-13+. The van der Waals surface area contributed by atoms with Crippen LogP contribution in [0.4, 0.5) is 0 Å². The van der Waals surface area contributed by atoms with E-state index in [2.05, 4.69) is 15.5 Å². The summed E-state index contributed by atoms with van der Waals surface area (Å²) in [5.74, 6) is 0. The first-order valence-corrected chi connectivity index (χ1v) is 6.58. The Labute approximate surface area is 117 Å². The van der Waals surface area contributed by atoms with Gasteiger partial charge in [-0.1, -0.05) is 36.4 Å². The second-order valence-electron chi connectivity index (χ2n) is 4.60. The first-order valence-electron chi connectivity index (χ1n) is 6.58. The molecule has 0 aliphatic heterocycles. The van der Waals surface area contributed by atoms with Crippen LogP contribution < -0.4 is 5.43 Å². The molecule has 0 saturated carbocycles. The van der Waals surface area contributed by atoms with Gasteiger partial charge in [-0.2, -0.15) is 5.10 Å². The van der Waals surface area contributed by atoms with E-state index in [0.717, 1.165) is 22.6 Å². The molecule has 3 aromatic rings. The Bertz CT molecular complexity index is 695. The van der Waals surface area contributed by atoms with E-state index >= 15 is 0 Å². The average molecular weight is 264 g/mol. The van der Waals surface area contributed by atoms with E-state index in [4.69, 9.17) is 0 Å². The van der Waals surface area contributed by atoms with E-state index in [1.165, 1.54) is 0 Å². The molecule has 0 spiro atoms. The van der Waals surface area contributed by atoms with Gasteiger partial charge in [0.2, 0.25) is 0 Å².